The molecule has 0 fully saturated rings. The van der Waals surface area contributed by atoms with Crippen molar-refractivity contribution in [1.29, 1.82) is 0 Å². The second kappa shape index (κ2) is 4.60. The maximum Gasteiger partial charge on any atom is 0.214 e. The fourth-order valence-electron chi connectivity index (χ4n) is 1.03. The zero-order chi connectivity index (χ0) is 11.5. The predicted octanol–water partition coefficient (Wildman–Crippen LogP) is 3.31. The highest BCUT2D eigenvalue weighted by molar-refractivity contribution is 5.33. The summed E-state index contributed by atoms with van der Waals surface area (Å²) in [5, 5.41) is 3.16. The van der Waals surface area contributed by atoms with Gasteiger partial charge in [-0.15, -0.1) is 0 Å². The van der Waals surface area contributed by atoms with Gasteiger partial charge in [0, 0.05) is 6.54 Å². The highest BCUT2D eigenvalue weighted by Gasteiger charge is 2.21. The molecule has 0 atom stereocenters. The van der Waals surface area contributed by atoms with Crippen molar-refractivity contribution in [3.63, 3.8) is 0 Å². The molecule has 0 amide bonds. The zero-order valence-corrected chi connectivity index (χ0v) is 9.84. The second-order valence-electron chi connectivity index (χ2n) is 4.84. The molecule has 0 aliphatic rings. The molecular weight excluding hydrogens is 191 g/mol. The van der Waals surface area contributed by atoms with Crippen LogP contribution >= 0.6 is 0 Å². The van der Waals surface area contributed by atoms with Gasteiger partial charge in [-0.3, -0.25) is 0 Å². The lowest BCUT2D eigenvalue weighted by Gasteiger charge is -2.29. The summed E-state index contributed by atoms with van der Waals surface area (Å²) in [7, 11) is 0. The summed E-state index contributed by atoms with van der Waals surface area (Å²) in [5.41, 5.74) is 0.175. The monoisotopic (exact) mass is 210 g/mol. The molecule has 3 heteroatoms. The van der Waals surface area contributed by atoms with Gasteiger partial charge in [0.2, 0.25) is 5.95 Å². The van der Waals surface area contributed by atoms with E-state index in [0.29, 0.717) is 11.7 Å². The van der Waals surface area contributed by atoms with Crippen molar-refractivity contribution in [2.45, 2.75) is 27.7 Å². The molecule has 15 heavy (non-hydrogen) atoms. The van der Waals surface area contributed by atoms with Gasteiger partial charge in [-0.25, -0.2) is 4.98 Å². The van der Waals surface area contributed by atoms with Crippen LogP contribution in [0.3, 0.4) is 0 Å². The van der Waals surface area contributed by atoms with Crippen LogP contribution in [0.1, 0.15) is 27.7 Å². The van der Waals surface area contributed by atoms with E-state index >= 15 is 0 Å². The second-order valence-corrected chi connectivity index (χ2v) is 4.84. The number of rotatable bonds is 4. The van der Waals surface area contributed by atoms with E-state index in [4.69, 9.17) is 0 Å². The third-order valence-electron chi connectivity index (χ3n) is 3.00. The average Bonchev–Trinajstić information content (AvgIpc) is 2.15. The van der Waals surface area contributed by atoms with Gasteiger partial charge < -0.3 is 5.32 Å². The Morgan fingerprint density at radius 3 is 2.60 bits per heavy atom. The fraction of sp³-hybridized carbons (Fsp3) is 0.583. The number of hydrogen-bond acceptors (Lipinski definition) is 2. The van der Waals surface area contributed by atoms with E-state index in [9.17, 15) is 4.39 Å². The first-order valence-electron chi connectivity index (χ1n) is 5.28. The van der Waals surface area contributed by atoms with Gasteiger partial charge in [-0.2, -0.15) is 4.39 Å². The Balaban J connectivity index is 2.57. The molecular formula is C12H19FN2. The van der Waals surface area contributed by atoms with Gasteiger partial charge in [-0.1, -0.05) is 33.8 Å². The van der Waals surface area contributed by atoms with E-state index in [1.54, 1.807) is 12.1 Å². The Kier molecular flexibility index (Phi) is 3.66. The number of pyridine rings is 1. The number of nitrogens with one attached hydrogen (secondary N) is 1. The minimum atomic E-state index is -0.442. The van der Waals surface area contributed by atoms with Gasteiger partial charge >= 0.3 is 0 Å². The Morgan fingerprint density at radius 1 is 1.40 bits per heavy atom. The third-order valence-corrected chi connectivity index (χ3v) is 3.00. The molecule has 0 aromatic carbocycles. The summed E-state index contributed by atoms with van der Waals surface area (Å²) in [4.78, 5) is 3.76. The van der Waals surface area contributed by atoms with Crippen LogP contribution in [0.5, 0.6) is 0 Å². The molecule has 1 aromatic heterocycles. The van der Waals surface area contributed by atoms with Crippen molar-refractivity contribution in [2.24, 2.45) is 11.3 Å². The van der Waals surface area contributed by atoms with Crippen LogP contribution in [0.2, 0.25) is 0 Å². The number of nitrogens with zero attached hydrogens (tertiary/aromatic N) is 1. The molecule has 0 aliphatic heterocycles. The van der Waals surface area contributed by atoms with E-state index < -0.39 is 5.95 Å². The molecule has 0 saturated carbocycles. The quantitative estimate of drug-likeness (QED) is 0.771. The largest absolute Gasteiger partial charge is 0.369 e. The van der Waals surface area contributed by atoms with E-state index in [-0.39, 0.29) is 5.41 Å². The van der Waals surface area contributed by atoms with Crippen LogP contribution < -0.4 is 5.32 Å². The Bertz CT molecular complexity index is 321. The Hall–Kier alpha value is -1.12. The lowest BCUT2D eigenvalue weighted by molar-refractivity contribution is 0.269. The van der Waals surface area contributed by atoms with Crippen molar-refractivity contribution in [1.82, 2.24) is 4.98 Å². The van der Waals surface area contributed by atoms with Crippen molar-refractivity contribution in [3.8, 4) is 0 Å². The molecule has 2 nitrogen and oxygen atoms in total. The van der Waals surface area contributed by atoms with E-state index in [0.717, 1.165) is 6.54 Å². The number of hydrogen-bond donors (Lipinski definition) is 1. The summed E-state index contributed by atoms with van der Waals surface area (Å²) >= 11 is 0. The van der Waals surface area contributed by atoms with Crippen LogP contribution in [0.15, 0.2) is 18.2 Å². The molecule has 0 bridgehead atoms. The highest BCUT2D eigenvalue weighted by atomic mass is 19.1. The van der Waals surface area contributed by atoms with Crippen LogP contribution in [0.25, 0.3) is 0 Å². The Morgan fingerprint density at radius 2 is 2.07 bits per heavy atom. The highest BCUT2D eigenvalue weighted by Crippen LogP contribution is 2.25. The van der Waals surface area contributed by atoms with Crippen molar-refractivity contribution < 1.29 is 4.39 Å². The summed E-state index contributed by atoms with van der Waals surface area (Å²) in [6.45, 7) is 9.52. The van der Waals surface area contributed by atoms with E-state index in [2.05, 4.69) is 38.0 Å². The summed E-state index contributed by atoms with van der Waals surface area (Å²) in [6, 6.07) is 4.78. The van der Waals surface area contributed by atoms with Crippen molar-refractivity contribution in [2.75, 3.05) is 11.9 Å². The van der Waals surface area contributed by atoms with Crippen LogP contribution in [-0.4, -0.2) is 11.5 Å². The molecule has 0 spiro atoms. The summed E-state index contributed by atoms with van der Waals surface area (Å²) in [6.07, 6.45) is 0. The maximum atomic E-state index is 12.8. The number of anilines is 1. The van der Waals surface area contributed by atoms with Gasteiger partial charge in [0.25, 0.3) is 0 Å². The van der Waals surface area contributed by atoms with Crippen molar-refractivity contribution >= 4 is 5.82 Å². The summed E-state index contributed by atoms with van der Waals surface area (Å²) in [5.74, 6) is 0.727. The third kappa shape index (κ3) is 3.50. The first-order chi connectivity index (χ1) is 6.92. The van der Waals surface area contributed by atoms with Gasteiger partial charge in [-0.05, 0) is 23.5 Å². The fourth-order valence-corrected chi connectivity index (χ4v) is 1.03. The molecule has 0 aliphatic carbocycles. The lowest BCUT2D eigenvalue weighted by Crippen LogP contribution is -2.28. The van der Waals surface area contributed by atoms with Gasteiger partial charge in [0.1, 0.15) is 5.82 Å². The van der Waals surface area contributed by atoms with Gasteiger partial charge in [0.15, 0.2) is 0 Å². The normalized spacial score (nSPS) is 11.9. The lowest BCUT2D eigenvalue weighted by atomic mass is 9.81. The standard InChI is InChI=1S/C12H19FN2/c1-9(2)12(3,4)8-14-11-7-5-6-10(13)15-11/h5-7,9H,8H2,1-4H3,(H,14,15). The minimum absolute atomic E-state index is 0.175. The topological polar surface area (TPSA) is 24.9 Å². The first-order valence-corrected chi connectivity index (χ1v) is 5.28. The first kappa shape index (κ1) is 12.0. The van der Waals surface area contributed by atoms with Crippen LogP contribution in [-0.2, 0) is 0 Å². The summed E-state index contributed by atoms with van der Waals surface area (Å²) < 4.78 is 12.8. The SMILES string of the molecule is CC(C)C(C)(C)CNc1cccc(F)n1. The molecule has 0 saturated heterocycles. The molecule has 1 heterocycles. The zero-order valence-electron chi connectivity index (χ0n) is 9.84. The molecule has 1 rings (SSSR count). The maximum absolute atomic E-state index is 12.8. The smallest absolute Gasteiger partial charge is 0.214 e. The van der Waals surface area contributed by atoms with E-state index in [1.807, 2.05) is 0 Å². The minimum Gasteiger partial charge on any atom is -0.369 e. The molecule has 0 radical (unpaired) electrons. The van der Waals surface area contributed by atoms with E-state index in [1.165, 1.54) is 6.07 Å². The van der Waals surface area contributed by atoms with Gasteiger partial charge in [0.05, 0.1) is 0 Å². The molecule has 84 valence electrons. The average molecular weight is 210 g/mol. The molecule has 1 aromatic rings. The van der Waals surface area contributed by atoms with Crippen LogP contribution in [0.4, 0.5) is 10.2 Å². The van der Waals surface area contributed by atoms with Crippen molar-refractivity contribution in [3.05, 3.63) is 24.1 Å². The number of halogens is 1. The molecule has 0 unspecified atom stereocenters. The Labute approximate surface area is 90.9 Å². The predicted molar refractivity (Wildman–Crippen MR) is 61.3 cm³/mol. The molecule has 1 N–H and O–H groups in total. The van der Waals surface area contributed by atoms with Crippen LogP contribution in [0, 0.1) is 17.3 Å². The number of aromatic nitrogens is 1.